The topological polar surface area (TPSA) is 46.9 Å². The largest absolute Gasteiger partial charge is 0.435 e. The fourth-order valence-corrected chi connectivity index (χ4v) is 2.44. The molecular weight excluding hydrogens is 374 g/mol. The zero-order chi connectivity index (χ0) is 18.9. The highest BCUT2D eigenvalue weighted by molar-refractivity contribution is 6.30. The number of anilines is 1. The van der Waals surface area contributed by atoms with Crippen molar-refractivity contribution in [2.45, 2.75) is 6.18 Å². The van der Waals surface area contributed by atoms with Crippen molar-refractivity contribution in [2.24, 2.45) is 0 Å². The Balaban J connectivity index is 2.00. The van der Waals surface area contributed by atoms with E-state index in [0.29, 0.717) is 9.70 Å². The summed E-state index contributed by atoms with van der Waals surface area (Å²) in [4.78, 5) is 12.1. The number of hydrogen-bond donors (Lipinski definition) is 1. The number of carbonyl (C=O) groups is 1. The maximum Gasteiger partial charge on any atom is 0.435 e. The Hall–Kier alpha value is -2.87. The molecule has 0 aliphatic heterocycles. The standard InChI is InChI=1S/C17H10ClF4N3O/c18-11-4-6-13(7-5-11)25-15(17(20,21)22)14(9-23-25)24-16(26)10-2-1-3-12(19)8-10/h1-9H,(H,24,26). The van der Waals surface area contributed by atoms with Gasteiger partial charge in [0, 0.05) is 10.6 Å². The van der Waals surface area contributed by atoms with E-state index in [1.807, 2.05) is 0 Å². The van der Waals surface area contributed by atoms with Crippen LogP contribution in [0, 0.1) is 5.82 Å². The SMILES string of the molecule is O=C(Nc1cnn(-c2ccc(Cl)cc2)c1C(F)(F)F)c1cccc(F)c1. The zero-order valence-corrected chi connectivity index (χ0v) is 13.6. The van der Waals surface area contributed by atoms with E-state index in [-0.39, 0.29) is 11.3 Å². The van der Waals surface area contributed by atoms with E-state index in [2.05, 4.69) is 10.4 Å². The maximum atomic E-state index is 13.5. The molecule has 1 aromatic heterocycles. The van der Waals surface area contributed by atoms with Crippen LogP contribution in [0.1, 0.15) is 16.1 Å². The fourth-order valence-electron chi connectivity index (χ4n) is 2.31. The van der Waals surface area contributed by atoms with Crippen LogP contribution in [0.4, 0.5) is 23.2 Å². The Bertz CT molecular complexity index is 951. The van der Waals surface area contributed by atoms with Gasteiger partial charge in [-0.1, -0.05) is 17.7 Å². The molecule has 3 rings (SSSR count). The number of halogens is 5. The molecule has 0 spiro atoms. The van der Waals surface area contributed by atoms with Crippen LogP contribution in [0.25, 0.3) is 5.69 Å². The molecule has 9 heteroatoms. The van der Waals surface area contributed by atoms with Crippen LogP contribution < -0.4 is 5.32 Å². The van der Waals surface area contributed by atoms with Crippen molar-refractivity contribution in [3.05, 3.63) is 76.8 Å². The molecule has 0 saturated carbocycles. The van der Waals surface area contributed by atoms with Crippen LogP contribution in [0.2, 0.25) is 5.02 Å². The number of aromatic nitrogens is 2. The third-order valence-electron chi connectivity index (χ3n) is 3.44. The molecular formula is C17H10ClF4N3O. The Kier molecular flexibility index (Phi) is 4.69. The van der Waals surface area contributed by atoms with E-state index in [0.717, 1.165) is 18.3 Å². The van der Waals surface area contributed by atoms with Crippen molar-refractivity contribution in [2.75, 3.05) is 5.32 Å². The molecule has 1 heterocycles. The lowest BCUT2D eigenvalue weighted by molar-refractivity contribution is -0.142. The van der Waals surface area contributed by atoms with Crippen LogP contribution in [0.15, 0.2) is 54.7 Å². The number of nitrogens with zero attached hydrogens (tertiary/aromatic N) is 2. The van der Waals surface area contributed by atoms with Crippen molar-refractivity contribution < 1.29 is 22.4 Å². The molecule has 0 atom stereocenters. The van der Waals surface area contributed by atoms with E-state index >= 15 is 0 Å². The van der Waals surface area contributed by atoms with Gasteiger partial charge < -0.3 is 5.32 Å². The molecule has 0 saturated heterocycles. The molecule has 0 aliphatic rings. The Morgan fingerprint density at radius 2 is 1.81 bits per heavy atom. The van der Waals surface area contributed by atoms with Gasteiger partial charge in [-0.05, 0) is 42.5 Å². The summed E-state index contributed by atoms with van der Waals surface area (Å²) in [6.07, 6.45) is -3.91. The number of hydrogen-bond acceptors (Lipinski definition) is 2. The molecule has 3 aromatic rings. The molecule has 1 N–H and O–H groups in total. The van der Waals surface area contributed by atoms with Crippen LogP contribution in [0.3, 0.4) is 0 Å². The predicted molar refractivity (Wildman–Crippen MR) is 87.9 cm³/mol. The van der Waals surface area contributed by atoms with Gasteiger partial charge in [-0.25, -0.2) is 9.07 Å². The Morgan fingerprint density at radius 3 is 2.42 bits per heavy atom. The highest BCUT2D eigenvalue weighted by atomic mass is 35.5. The molecule has 134 valence electrons. The molecule has 26 heavy (non-hydrogen) atoms. The number of carbonyl (C=O) groups excluding carboxylic acids is 1. The van der Waals surface area contributed by atoms with Gasteiger partial charge in [-0.3, -0.25) is 4.79 Å². The van der Waals surface area contributed by atoms with Gasteiger partial charge in [0.05, 0.1) is 17.6 Å². The zero-order valence-electron chi connectivity index (χ0n) is 12.9. The molecule has 0 fully saturated rings. The lowest BCUT2D eigenvalue weighted by atomic mass is 10.2. The minimum Gasteiger partial charge on any atom is -0.319 e. The summed E-state index contributed by atoms with van der Waals surface area (Å²) < 4.78 is 54.4. The lowest BCUT2D eigenvalue weighted by Crippen LogP contribution is -2.19. The van der Waals surface area contributed by atoms with Gasteiger partial charge in [-0.15, -0.1) is 0 Å². The summed E-state index contributed by atoms with van der Waals surface area (Å²) >= 11 is 5.74. The van der Waals surface area contributed by atoms with Crippen LogP contribution in [0.5, 0.6) is 0 Å². The van der Waals surface area contributed by atoms with E-state index in [1.165, 1.54) is 36.4 Å². The van der Waals surface area contributed by atoms with Crippen molar-refractivity contribution in [1.82, 2.24) is 9.78 Å². The summed E-state index contributed by atoms with van der Waals surface area (Å²) in [5, 5.41) is 6.19. The van der Waals surface area contributed by atoms with Gasteiger partial charge in [-0.2, -0.15) is 18.3 Å². The Labute approximate surface area is 150 Å². The first-order valence-electron chi connectivity index (χ1n) is 7.24. The smallest absolute Gasteiger partial charge is 0.319 e. The number of nitrogens with one attached hydrogen (secondary N) is 1. The van der Waals surface area contributed by atoms with Gasteiger partial charge in [0.2, 0.25) is 0 Å². The quantitative estimate of drug-likeness (QED) is 0.651. The molecule has 0 bridgehead atoms. The van der Waals surface area contributed by atoms with Crippen molar-refractivity contribution in [3.8, 4) is 5.69 Å². The first kappa shape index (κ1) is 17.9. The predicted octanol–water partition coefficient (Wildman–Crippen LogP) is 4.94. The van der Waals surface area contributed by atoms with E-state index in [4.69, 9.17) is 11.6 Å². The van der Waals surface area contributed by atoms with Gasteiger partial charge in [0.1, 0.15) is 5.82 Å². The second-order valence-electron chi connectivity index (χ2n) is 5.26. The second-order valence-corrected chi connectivity index (χ2v) is 5.69. The van der Waals surface area contributed by atoms with Crippen LogP contribution in [-0.2, 0) is 6.18 Å². The van der Waals surface area contributed by atoms with Crippen molar-refractivity contribution in [1.29, 1.82) is 0 Å². The van der Waals surface area contributed by atoms with E-state index in [9.17, 15) is 22.4 Å². The summed E-state index contributed by atoms with van der Waals surface area (Å²) in [5.41, 5.74) is -1.70. The number of alkyl halides is 3. The molecule has 4 nitrogen and oxygen atoms in total. The van der Waals surface area contributed by atoms with Crippen LogP contribution in [-0.4, -0.2) is 15.7 Å². The summed E-state index contributed by atoms with van der Waals surface area (Å²) in [6, 6.07) is 10.2. The third kappa shape index (κ3) is 3.70. The normalized spacial score (nSPS) is 11.4. The summed E-state index contributed by atoms with van der Waals surface area (Å²) in [7, 11) is 0. The monoisotopic (exact) mass is 383 g/mol. The molecule has 0 radical (unpaired) electrons. The van der Waals surface area contributed by atoms with E-state index in [1.54, 1.807) is 0 Å². The Morgan fingerprint density at radius 1 is 1.12 bits per heavy atom. The van der Waals surface area contributed by atoms with Gasteiger partial charge in [0.25, 0.3) is 5.91 Å². The van der Waals surface area contributed by atoms with Gasteiger partial charge in [0.15, 0.2) is 5.69 Å². The first-order chi connectivity index (χ1) is 12.3. The average molecular weight is 384 g/mol. The first-order valence-corrected chi connectivity index (χ1v) is 7.61. The molecule has 0 aliphatic carbocycles. The number of benzene rings is 2. The lowest BCUT2D eigenvalue weighted by Gasteiger charge is -2.13. The highest BCUT2D eigenvalue weighted by Gasteiger charge is 2.39. The summed E-state index contributed by atoms with van der Waals surface area (Å²) in [5.74, 6) is -1.56. The van der Waals surface area contributed by atoms with Crippen molar-refractivity contribution >= 4 is 23.2 Å². The minimum atomic E-state index is -4.79. The van der Waals surface area contributed by atoms with Crippen molar-refractivity contribution in [3.63, 3.8) is 0 Å². The minimum absolute atomic E-state index is 0.114. The van der Waals surface area contributed by atoms with Gasteiger partial charge >= 0.3 is 6.18 Å². The highest BCUT2D eigenvalue weighted by Crippen LogP contribution is 2.36. The average Bonchev–Trinajstić information content (AvgIpc) is 2.99. The maximum absolute atomic E-state index is 13.5. The number of rotatable bonds is 3. The van der Waals surface area contributed by atoms with E-state index < -0.39 is 29.3 Å². The molecule has 0 unspecified atom stereocenters. The molecule has 1 amide bonds. The number of amides is 1. The van der Waals surface area contributed by atoms with Crippen LogP contribution >= 0.6 is 11.6 Å². The summed E-state index contributed by atoms with van der Waals surface area (Å²) in [6.45, 7) is 0. The second kappa shape index (κ2) is 6.80. The third-order valence-corrected chi connectivity index (χ3v) is 3.70. The fraction of sp³-hybridized carbons (Fsp3) is 0.0588. The molecule has 2 aromatic carbocycles.